The Morgan fingerprint density at radius 2 is 1.86 bits per heavy atom. The first-order chi connectivity index (χ1) is 9.79. The van der Waals surface area contributed by atoms with Gasteiger partial charge in [-0.3, -0.25) is 4.79 Å². The minimum absolute atomic E-state index is 0.139. The molecule has 7 heteroatoms. The van der Waals surface area contributed by atoms with Crippen molar-refractivity contribution in [2.75, 3.05) is 31.1 Å². The van der Waals surface area contributed by atoms with Gasteiger partial charge in [0.05, 0.1) is 5.56 Å². The SMILES string of the molecule is C[C@@H](Cl)C(=O)N1CCN(c2cccc(C(F)(F)F)c2)CC1. The summed E-state index contributed by atoms with van der Waals surface area (Å²) >= 11 is 5.76. The normalized spacial score (nSPS) is 17.8. The fourth-order valence-corrected chi connectivity index (χ4v) is 2.45. The Morgan fingerprint density at radius 3 is 2.38 bits per heavy atom. The number of alkyl halides is 4. The van der Waals surface area contributed by atoms with Crippen LogP contribution in [0.4, 0.5) is 18.9 Å². The van der Waals surface area contributed by atoms with Gasteiger partial charge in [-0.05, 0) is 25.1 Å². The van der Waals surface area contributed by atoms with Crippen LogP contribution in [0.5, 0.6) is 0 Å². The van der Waals surface area contributed by atoms with Crippen molar-refractivity contribution in [1.29, 1.82) is 0 Å². The second-order valence-electron chi connectivity index (χ2n) is 4.98. The summed E-state index contributed by atoms with van der Waals surface area (Å²) in [7, 11) is 0. The number of anilines is 1. The molecule has 1 aliphatic heterocycles. The highest BCUT2D eigenvalue weighted by molar-refractivity contribution is 6.30. The number of carbonyl (C=O) groups is 1. The van der Waals surface area contributed by atoms with E-state index in [1.54, 1.807) is 17.9 Å². The molecule has 1 aromatic rings. The lowest BCUT2D eigenvalue weighted by atomic mass is 10.1. The van der Waals surface area contributed by atoms with E-state index in [-0.39, 0.29) is 5.91 Å². The average Bonchev–Trinajstić information content (AvgIpc) is 2.46. The van der Waals surface area contributed by atoms with Crippen LogP contribution in [0.15, 0.2) is 24.3 Å². The maximum Gasteiger partial charge on any atom is 0.416 e. The lowest BCUT2D eigenvalue weighted by Crippen LogP contribution is -2.50. The number of nitrogens with zero attached hydrogens (tertiary/aromatic N) is 2. The smallest absolute Gasteiger partial charge is 0.368 e. The fraction of sp³-hybridized carbons (Fsp3) is 0.500. The van der Waals surface area contributed by atoms with Crippen LogP contribution in [-0.2, 0) is 11.0 Å². The molecule has 0 radical (unpaired) electrons. The van der Waals surface area contributed by atoms with E-state index >= 15 is 0 Å². The van der Waals surface area contributed by atoms with Gasteiger partial charge in [0.15, 0.2) is 0 Å². The highest BCUT2D eigenvalue weighted by Gasteiger charge is 2.31. The van der Waals surface area contributed by atoms with E-state index in [9.17, 15) is 18.0 Å². The van der Waals surface area contributed by atoms with Crippen LogP contribution in [0.3, 0.4) is 0 Å². The van der Waals surface area contributed by atoms with Crippen molar-refractivity contribution >= 4 is 23.2 Å². The molecule has 1 saturated heterocycles. The number of benzene rings is 1. The second kappa shape index (κ2) is 6.13. The van der Waals surface area contributed by atoms with Crippen molar-refractivity contribution < 1.29 is 18.0 Å². The molecule has 1 aromatic carbocycles. The Hall–Kier alpha value is -1.43. The third-order valence-corrected chi connectivity index (χ3v) is 3.66. The minimum Gasteiger partial charge on any atom is -0.368 e. The Balaban J connectivity index is 2.04. The van der Waals surface area contributed by atoms with Crippen molar-refractivity contribution in [3.8, 4) is 0 Å². The first-order valence-corrected chi connectivity index (χ1v) is 7.08. The van der Waals surface area contributed by atoms with Gasteiger partial charge in [-0.1, -0.05) is 6.07 Å². The third-order valence-electron chi connectivity index (χ3n) is 3.47. The van der Waals surface area contributed by atoms with Crippen LogP contribution >= 0.6 is 11.6 Å². The van der Waals surface area contributed by atoms with Gasteiger partial charge in [-0.15, -0.1) is 11.6 Å². The molecular formula is C14H16ClF3N2O. The molecule has 0 aliphatic carbocycles. The van der Waals surface area contributed by atoms with Crippen LogP contribution in [-0.4, -0.2) is 42.4 Å². The Kier molecular flexibility index (Phi) is 4.66. The van der Waals surface area contributed by atoms with E-state index in [2.05, 4.69) is 0 Å². The topological polar surface area (TPSA) is 23.6 Å². The molecule has 1 aliphatic rings. The number of piperazine rings is 1. The van der Waals surface area contributed by atoms with Gasteiger partial charge in [-0.25, -0.2) is 0 Å². The van der Waals surface area contributed by atoms with Gasteiger partial charge in [0.25, 0.3) is 0 Å². The molecule has 0 saturated carbocycles. The van der Waals surface area contributed by atoms with Crippen LogP contribution < -0.4 is 4.90 Å². The zero-order chi connectivity index (χ0) is 15.6. The molecule has 0 unspecified atom stereocenters. The second-order valence-corrected chi connectivity index (χ2v) is 5.63. The number of hydrogen-bond acceptors (Lipinski definition) is 2. The van der Waals surface area contributed by atoms with Gasteiger partial charge >= 0.3 is 6.18 Å². The molecule has 3 nitrogen and oxygen atoms in total. The third kappa shape index (κ3) is 3.81. The molecule has 0 spiro atoms. The van der Waals surface area contributed by atoms with E-state index < -0.39 is 17.1 Å². The summed E-state index contributed by atoms with van der Waals surface area (Å²) in [6, 6.07) is 5.24. The maximum atomic E-state index is 12.7. The van der Waals surface area contributed by atoms with E-state index in [1.807, 2.05) is 4.90 Å². The van der Waals surface area contributed by atoms with E-state index in [0.29, 0.717) is 31.9 Å². The van der Waals surface area contributed by atoms with Crippen LogP contribution in [0.2, 0.25) is 0 Å². The van der Waals surface area contributed by atoms with Crippen LogP contribution in [0.1, 0.15) is 12.5 Å². The summed E-state index contributed by atoms with van der Waals surface area (Å²) in [6.45, 7) is 3.54. The van der Waals surface area contributed by atoms with Crippen LogP contribution in [0.25, 0.3) is 0 Å². The summed E-state index contributed by atoms with van der Waals surface area (Å²) in [5.41, 5.74) is -0.135. The predicted molar refractivity (Wildman–Crippen MR) is 75.6 cm³/mol. The summed E-state index contributed by atoms with van der Waals surface area (Å²) in [5, 5.41) is -0.579. The molecule has 0 N–H and O–H groups in total. The molecule has 21 heavy (non-hydrogen) atoms. The number of amides is 1. The Bertz CT molecular complexity index is 511. The highest BCUT2D eigenvalue weighted by atomic mass is 35.5. The fourth-order valence-electron chi connectivity index (χ4n) is 2.32. The van der Waals surface area contributed by atoms with Crippen molar-refractivity contribution in [1.82, 2.24) is 4.90 Å². The summed E-state index contributed by atoms with van der Waals surface area (Å²) in [6.07, 6.45) is -4.35. The molecule has 2 rings (SSSR count). The maximum absolute atomic E-state index is 12.7. The van der Waals surface area contributed by atoms with Crippen molar-refractivity contribution in [2.45, 2.75) is 18.5 Å². The zero-order valence-corrected chi connectivity index (χ0v) is 12.3. The highest BCUT2D eigenvalue weighted by Crippen LogP contribution is 2.31. The zero-order valence-electron chi connectivity index (χ0n) is 11.5. The number of hydrogen-bond donors (Lipinski definition) is 0. The van der Waals surface area contributed by atoms with Gasteiger partial charge in [-0.2, -0.15) is 13.2 Å². The van der Waals surface area contributed by atoms with Gasteiger partial charge < -0.3 is 9.80 Å². The molecule has 1 heterocycles. The monoisotopic (exact) mass is 320 g/mol. The first-order valence-electron chi connectivity index (χ1n) is 6.64. The summed E-state index contributed by atoms with van der Waals surface area (Å²) in [4.78, 5) is 15.2. The van der Waals surface area contributed by atoms with Gasteiger partial charge in [0.2, 0.25) is 5.91 Å². The van der Waals surface area contributed by atoms with Gasteiger partial charge in [0, 0.05) is 31.9 Å². The molecule has 116 valence electrons. The molecule has 1 amide bonds. The number of halogens is 4. The van der Waals surface area contributed by atoms with Crippen molar-refractivity contribution in [3.05, 3.63) is 29.8 Å². The largest absolute Gasteiger partial charge is 0.416 e. The quantitative estimate of drug-likeness (QED) is 0.782. The predicted octanol–water partition coefficient (Wildman–Crippen LogP) is 2.98. The van der Waals surface area contributed by atoms with E-state index in [4.69, 9.17) is 11.6 Å². The van der Waals surface area contributed by atoms with Crippen LogP contribution in [0, 0.1) is 0 Å². The molecule has 1 fully saturated rings. The van der Waals surface area contributed by atoms with Gasteiger partial charge in [0.1, 0.15) is 5.38 Å². The minimum atomic E-state index is -4.35. The Morgan fingerprint density at radius 1 is 1.24 bits per heavy atom. The summed E-state index contributed by atoms with van der Waals surface area (Å²) in [5.74, 6) is -0.139. The van der Waals surface area contributed by atoms with Crippen molar-refractivity contribution in [2.24, 2.45) is 0 Å². The van der Waals surface area contributed by atoms with E-state index in [1.165, 1.54) is 6.07 Å². The Labute approximate surface area is 126 Å². The van der Waals surface area contributed by atoms with E-state index in [0.717, 1.165) is 12.1 Å². The van der Waals surface area contributed by atoms with Crippen molar-refractivity contribution in [3.63, 3.8) is 0 Å². The first kappa shape index (κ1) is 15.9. The number of carbonyl (C=O) groups excluding carboxylic acids is 1. The molecule has 1 atom stereocenters. The standard InChI is InChI=1S/C14H16ClF3N2O/c1-10(15)13(21)20-7-5-19(6-8-20)12-4-2-3-11(9-12)14(16,17)18/h2-4,9-10H,5-8H2,1H3/t10-/m1/s1. The number of rotatable bonds is 2. The lowest BCUT2D eigenvalue weighted by Gasteiger charge is -2.36. The average molecular weight is 321 g/mol. The lowest BCUT2D eigenvalue weighted by molar-refractivity contribution is -0.137. The molecule has 0 bridgehead atoms. The summed E-state index contributed by atoms with van der Waals surface area (Å²) < 4.78 is 38.1. The molecule has 0 aromatic heterocycles. The molecular weight excluding hydrogens is 305 g/mol.